The zero-order valence-electron chi connectivity index (χ0n) is 8.41. The van der Waals surface area contributed by atoms with E-state index in [9.17, 15) is 0 Å². The summed E-state index contributed by atoms with van der Waals surface area (Å²) in [5.41, 5.74) is 3.45. The highest BCUT2D eigenvalue weighted by Gasteiger charge is 2.13. The van der Waals surface area contributed by atoms with Crippen molar-refractivity contribution >= 4 is 0 Å². The molecule has 0 unspecified atom stereocenters. The maximum Gasteiger partial charge on any atom is 0.231 e. The van der Waals surface area contributed by atoms with Crippen LogP contribution in [0.3, 0.4) is 0 Å². The Hall–Kier alpha value is -1.90. The maximum atomic E-state index is 5.33. The summed E-state index contributed by atoms with van der Waals surface area (Å²) in [6, 6.07) is 8.07. The minimum Gasteiger partial charge on any atom is -0.454 e. The van der Waals surface area contributed by atoms with Crippen LogP contribution in [0.2, 0.25) is 0 Å². The smallest absolute Gasteiger partial charge is 0.231 e. The quantitative estimate of drug-likeness (QED) is 0.769. The second-order valence-electron chi connectivity index (χ2n) is 3.66. The molecule has 1 aromatic heterocycles. The molecule has 0 fully saturated rings. The fourth-order valence-corrected chi connectivity index (χ4v) is 1.73. The van der Waals surface area contributed by atoms with Gasteiger partial charge in [-0.2, -0.15) is 0 Å². The third kappa shape index (κ3) is 1.36. The summed E-state index contributed by atoms with van der Waals surface area (Å²) in [5.74, 6) is 1.64. The molecule has 0 aliphatic carbocycles. The van der Waals surface area contributed by atoms with Crippen molar-refractivity contribution in [3.8, 4) is 22.8 Å². The lowest BCUT2D eigenvalue weighted by atomic mass is 10.1. The molecule has 3 nitrogen and oxygen atoms in total. The minimum absolute atomic E-state index is 0.322. The summed E-state index contributed by atoms with van der Waals surface area (Å²) in [6.45, 7) is 2.38. The second-order valence-corrected chi connectivity index (χ2v) is 3.66. The number of hydrogen-bond acceptors (Lipinski definition) is 2. The first kappa shape index (κ1) is 8.41. The molecule has 0 spiro atoms. The minimum atomic E-state index is 0.322. The normalized spacial score (nSPS) is 13.1. The van der Waals surface area contributed by atoms with Gasteiger partial charge in [0.05, 0.1) is 0 Å². The van der Waals surface area contributed by atoms with Gasteiger partial charge < -0.3 is 14.5 Å². The van der Waals surface area contributed by atoms with Gasteiger partial charge in [-0.15, -0.1) is 0 Å². The average Bonchev–Trinajstić information content (AvgIpc) is 2.84. The molecule has 15 heavy (non-hydrogen) atoms. The number of H-pyrrole nitrogens is 1. The third-order valence-corrected chi connectivity index (χ3v) is 2.51. The Morgan fingerprint density at radius 2 is 2.00 bits per heavy atom. The molecule has 0 amide bonds. The van der Waals surface area contributed by atoms with Crippen molar-refractivity contribution < 1.29 is 9.47 Å². The van der Waals surface area contributed by atoms with Gasteiger partial charge in [0.1, 0.15) is 0 Å². The zero-order chi connectivity index (χ0) is 10.3. The molecule has 2 aromatic rings. The van der Waals surface area contributed by atoms with E-state index in [2.05, 4.69) is 18.0 Å². The summed E-state index contributed by atoms with van der Waals surface area (Å²) >= 11 is 0. The summed E-state index contributed by atoms with van der Waals surface area (Å²) in [5, 5.41) is 0. The van der Waals surface area contributed by atoms with Crippen molar-refractivity contribution in [1.29, 1.82) is 0 Å². The number of ether oxygens (including phenoxy) is 2. The Bertz CT molecular complexity index is 502. The van der Waals surface area contributed by atoms with Gasteiger partial charge in [0.25, 0.3) is 0 Å². The molecule has 1 N–H and O–H groups in total. The number of rotatable bonds is 1. The SMILES string of the molecule is Cc1c[nH]c(-c2ccc3c(c2)OCO3)c1. The number of hydrogen-bond donors (Lipinski definition) is 1. The Labute approximate surface area is 87.6 Å². The summed E-state index contributed by atoms with van der Waals surface area (Å²) in [6.07, 6.45) is 1.99. The molecular formula is C12H11NO2. The van der Waals surface area contributed by atoms with Gasteiger partial charge in [0, 0.05) is 17.5 Å². The highest BCUT2D eigenvalue weighted by atomic mass is 16.7. The molecule has 76 valence electrons. The molecule has 0 radical (unpaired) electrons. The topological polar surface area (TPSA) is 34.2 Å². The number of nitrogens with one attached hydrogen (secondary N) is 1. The second kappa shape index (κ2) is 3.05. The molecule has 0 atom stereocenters. The van der Waals surface area contributed by atoms with Crippen LogP contribution in [0.4, 0.5) is 0 Å². The first-order valence-electron chi connectivity index (χ1n) is 4.88. The Morgan fingerprint density at radius 3 is 2.80 bits per heavy atom. The van der Waals surface area contributed by atoms with Crippen molar-refractivity contribution in [3.05, 3.63) is 36.0 Å². The van der Waals surface area contributed by atoms with Crippen LogP contribution in [0.1, 0.15) is 5.56 Å². The highest BCUT2D eigenvalue weighted by Crippen LogP contribution is 2.35. The van der Waals surface area contributed by atoms with Gasteiger partial charge in [-0.05, 0) is 36.8 Å². The van der Waals surface area contributed by atoms with Crippen molar-refractivity contribution in [2.45, 2.75) is 6.92 Å². The molecule has 3 heteroatoms. The molecule has 1 aliphatic rings. The Kier molecular flexibility index (Phi) is 1.71. The summed E-state index contributed by atoms with van der Waals surface area (Å²) in [7, 11) is 0. The van der Waals surface area contributed by atoms with E-state index >= 15 is 0 Å². The molecule has 1 aliphatic heterocycles. The highest BCUT2D eigenvalue weighted by molar-refractivity contribution is 5.65. The van der Waals surface area contributed by atoms with Gasteiger partial charge in [-0.1, -0.05) is 0 Å². The van der Waals surface area contributed by atoms with E-state index in [0.29, 0.717) is 6.79 Å². The first-order chi connectivity index (χ1) is 7.33. The third-order valence-electron chi connectivity index (χ3n) is 2.51. The van der Waals surface area contributed by atoms with E-state index in [1.165, 1.54) is 5.56 Å². The number of fused-ring (bicyclic) bond motifs is 1. The molecule has 0 bridgehead atoms. The van der Waals surface area contributed by atoms with Crippen molar-refractivity contribution in [1.82, 2.24) is 4.98 Å². The fraction of sp³-hybridized carbons (Fsp3) is 0.167. The Morgan fingerprint density at radius 1 is 1.13 bits per heavy atom. The van der Waals surface area contributed by atoms with Crippen LogP contribution < -0.4 is 9.47 Å². The molecule has 3 rings (SSSR count). The van der Waals surface area contributed by atoms with Crippen LogP contribution in [-0.4, -0.2) is 11.8 Å². The number of aromatic amines is 1. The monoisotopic (exact) mass is 201 g/mol. The van der Waals surface area contributed by atoms with Crippen LogP contribution in [0, 0.1) is 6.92 Å². The zero-order valence-corrected chi connectivity index (χ0v) is 8.41. The van der Waals surface area contributed by atoms with Crippen LogP contribution in [-0.2, 0) is 0 Å². The van der Waals surface area contributed by atoms with Gasteiger partial charge >= 0.3 is 0 Å². The largest absolute Gasteiger partial charge is 0.454 e. The van der Waals surface area contributed by atoms with E-state index in [-0.39, 0.29) is 0 Å². The predicted octanol–water partition coefficient (Wildman–Crippen LogP) is 2.72. The molecule has 1 aromatic carbocycles. The van der Waals surface area contributed by atoms with Gasteiger partial charge in [-0.3, -0.25) is 0 Å². The lowest BCUT2D eigenvalue weighted by molar-refractivity contribution is 0.174. The Balaban J connectivity index is 2.06. The average molecular weight is 201 g/mol. The number of aryl methyl sites for hydroxylation is 1. The van der Waals surface area contributed by atoms with E-state index in [0.717, 1.165) is 22.8 Å². The van der Waals surface area contributed by atoms with Crippen molar-refractivity contribution in [2.75, 3.05) is 6.79 Å². The molecule has 0 saturated carbocycles. The number of benzene rings is 1. The first-order valence-corrected chi connectivity index (χ1v) is 4.88. The van der Waals surface area contributed by atoms with Crippen molar-refractivity contribution in [2.24, 2.45) is 0 Å². The lowest BCUT2D eigenvalue weighted by Crippen LogP contribution is -1.92. The molecule has 0 saturated heterocycles. The van der Waals surface area contributed by atoms with Gasteiger partial charge in [-0.25, -0.2) is 0 Å². The number of aromatic nitrogens is 1. The summed E-state index contributed by atoms with van der Waals surface area (Å²) < 4.78 is 10.6. The van der Waals surface area contributed by atoms with Gasteiger partial charge in [0.15, 0.2) is 11.5 Å². The van der Waals surface area contributed by atoms with Crippen LogP contribution in [0.5, 0.6) is 11.5 Å². The fourth-order valence-electron chi connectivity index (χ4n) is 1.73. The lowest BCUT2D eigenvalue weighted by Gasteiger charge is -2.00. The van der Waals surface area contributed by atoms with Gasteiger partial charge in [0.2, 0.25) is 6.79 Å². The van der Waals surface area contributed by atoms with Crippen LogP contribution in [0.15, 0.2) is 30.5 Å². The van der Waals surface area contributed by atoms with Crippen LogP contribution >= 0.6 is 0 Å². The maximum absolute atomic E-state index is 5.33. The molecule has 2 heterocycles. The summed E-state index contributed by atoms with van der Waals surface area (Å²) in [4.78, 5) is 3.22. The van der Waals surface area contributed by atoms with Crippen LogP contribution in [0.25, 0.3) is 11.3 Å². The van der Waals surface area contributed by atoms with Crippen molar-refractivity contribution in [3.63, 3.8) is 0 Å². The molecular weight excluding hydrogens is 190 g/mol. The van der Waals surface area contributed by atoms with E-state index < -0.39 is 0 Å². The van der Waals surface area contributed by atoms with E-state index in [1.807, 2.05) is 24.4 Å². The van der Waals surface area contributed by atoms with E-state index in [1.54, 1.807) is 0 Å². The standard InChI is InChI=1S/C12H11NO2/c1-8-4-10(13-6-8)9-2-3-11-12(5-9)15-7-14-11/h2-6,13H,7H2,1H3. The predicted molar refractivity (Wildman–Crippen MR) is 57.1 cm³/mol. The van der Waals surface area contributed by atoms with E-state index in [4.69, 9.17) is 9.47 Å².